The van der Waals surface area contributed by atoms with Gasteiger partial charge in [-0.25, -0.2) is 4.79 Å². The van der Waals surface area contributed by atoms with E-state index in [4.69, 9.17) is 4.42 Å². The smallest absolute Gasteiger partial charge is 0.416 e. The predicted molar refractivity (Wildman–Crippen MR) is 116 cm³/mol. The number of nitrogens with one attached hydrogen (secondary N) is 2. The summed E-state index contributed by atoms with van der Waals surface area (Å²) in [5, 5.41) is 5.49. The van der Waals surface area contributed by atoms with E-state index in [9.17, 15) is 27.6 Å². The first-order valence-electron chi connectivity index (χ1n) is 9.64. The number of carbonyl (C=O) groups excluding carboxylic acids is 2. The van der Waals surface area contributed by atoms with Crippen LogP contribution < -0.4 is 16.3 Å². The molecular weight excluding hydrogens is 437 g/mol. The second-order valence-electron chi connectivity index (χ2n) is 7.05. The molecule has 6 nitrogen and oxygen atoms in total. The first-order chi connectivity index (χ1) is 15.7. The molecule has 1 heterocycles. The van der Waals surface area contributed by atoms with Crippen LogP contribution in [-0.2, 0) is 6.18 Å². The van der Waals surface area contributed by atoms with Crippen molar-refractivity contribution in [1.82, 2.24) is 0 Å². The molecule has 0 aliphatic carbocycles. The van der Waals surface area contributed by atoms with Crippen LogP contribution in [0.1, 0.15) is 26.3 Å². The Morgan fingerprint density at radius 3 is 2.18 bits per heavy atom. The lowest BCUT2D eigenvalue weighted by atomic mass is 10.1. The van der Waals surface area contributed by atoms with Gasteiger partial charge in [-0.3, -0.25) is 9.59 Å². The molecule has 0 saturated heterocycles. The van der Waals surface area contributed by atoms with Gasteiger partial charge in [-0.15, -0.1) is 0 Å². The number of carbonyl (C=O) groups is 2. The maximum atomic E-state index is 12.9. The molecule has 2 N–H and O–H groups in total. The molecule has 9 heteroatoms. The first-order valence-corrected chi connectivity index (χ1v) is 9.64. The topological polar surface area (TPSA) is 88.4 Å². The van der Waals surface area contributed by atoms with Crippen LogP contribution in [0.2, 0.25) is 0 Å². The van der Waals surface area contributed by atoms with E-state index in [0.717, 1.165) is 12.1 Å². The lowest BCUT2D eigenvalue weighted by molar-refractivity contribution is -0.137. The summed E-state index contributed by atoms with van der Waals surface area (Å²) in [5.74, 6) is -1.40. The van der Waals surface area contributed by atoms with Crippen molar-refractivity contribution in [3.8, 4) is 0 Å². The number of fused-ring (bicyclic) bond motifs is 1. The fourth-order valence-electron chi connectivity index (χ4n) is 3.13. The van der Waals surface area contributed by atoms with Crippen molar-refractivity contribution in [2.75, 3.05) is 10.6 Å². The van der Waals surface area contributed by atoms with E-state index in [1.54, 1.807) is 24.3 Å². The molecule has 0 fully saturated rings. The Labute approximate surface area is 184 Å². The molecule has 33 heavy (non-hydrogen) atoms. The lowest BCUT2D eigenvalue weighted by Crippen LogP contribution is -2.21. The number of hydrogen-bond acceptors (Lipinski definition) is 4. The van der Waals surface area contributed by atoms with E-state index in [1.807, 2.05) is 0 Å². The van der Waals surface area contributed by atoms with Gasteiger partial charge in [-0.1, -0.05) is 30.3 Å². The van der Waals surface area contributed by atoms with E-state index >= 15 is 0 Å². The third kappa shape index (κ3) is 4.93. The third-order valence-corrected chi connectivity index (χ3v) is 4.72. The second-order valence-corrected chi connectivity index (χ2v) is 7.05. The minimum atomic E-state index is -4.54. The van der Waals surface area contributed by atoms with E-state index < -0.39 is 29.2 Å². The summed E-state index contributed by atoms with van der Waals surface area (Å²) in [5.41, 5.74) is -1.31. The molecule has 166 valence electrons. The van der Waals surface area contributed by atoms with Crippen LogP contribution in [0.4, 0.5) is 24.5 Å². The van der Waals surface area contributed by atoms with Crippen LogP contribution in [0.25, 0.3) is 11.0 Å². The predicted octanol–water partition coefficient (Wildman–Crippen LogP) is 5.32. The zero-order valence-electron chi connectivity index (χ0n) is 16.8. The minimum Gasteiger partial charge on any atom is -0.422 e. The zero-order chi connectivity index (χ0) is 23.6. The number of halogens is 3. The molecule has 4 aromatic rings. The van der Waals surface area contributed by atoms with Gasteiger partial charge in [0.15, 0.2) is 0 Å². The number of benzene rings is 3. The highest BCUT2D eigenvalue weighted by Gasteiger charge is 2.30. The van der Waals surface area contributed by atoms with Crippen molar-refractivity contribution in [2.45, 2.75) is 6.18 Å². The van der Waals surface area contributed by atoms with Crippen molar-refractivity contribution < 1.29 is 27.2 Å². The lowest BCUT2D eigenvalue weighted by Gasteiger charge is -2.11. The molecule has 0 radical (unpaired) electrons. The number of rotatable bonds is 4. The van der Waals surface area contributed by atoms with Gasteiger partial charge >= 0.3 is 11.8 Å². The molecule has 0 unspecified atom stereocenters. The van der Waals surface area contributed by atoms with E-state index in [-0.39, 0.29) is 22.5 Å². The zero-order valence-corrected chi connectivity index (χ0v) is 16.8. The Kier molecular flexibility index (Phi) is 5.70. The number of anilines is 2. The van der Waals surface area contributed by atoms with Crippen molar-refractivity contribution in [1.29, 1.82) is 0 Å². The highest BCUT2D eigenvalue weighted by Crippen LogP contribution is 2.30. The van der Waals surface area contributed by atoms with Gasteiger partial charge in [-0.05, 0) is 48.5 Å². The summed E-state index contributed by atoms with van der Waals surface area (Å²) in [6, 6.07) is 18.1. The third-order valence-electron chi connectivity index (χ3n) is 4.72. The number of amides is 2. The van der Waals surface area contributed by atoms with Gasteiger partial charge in [0.2, 0.25) is 0 Å². The average Bonchev–Trinajstić information content (AvgIpc) is 2.78. The maximum Gasteiger partial charge on any atom is 0.416 e. The highest BCUT2D eigenvalue weighted by atomic mass is 19.4. The molecule has 0 saturated carbocycles. The number of para-hydroxylation sites is 1. The summed E-state index contributed by atoms with van der Waals surface area (Å²) in [6.45, 7) is 0. The van der Waals surface area contributed by atoms with Crippen LogP contribution in [0, 0.1) is 0 Å². The SMILES string of the molecule is O=C(Nc1cccc(C(F)(F)F)c1)c1cccc(NC(=O)c2cc3ccccc3oc2=O)c1. The van der Waals surface area contributed by atoms with Crippen LogP contribution in [-0.4, -0.2) is 11.8 Å². The quantitative estimate of drug-likeness (QED) is 0.411. The molecular formula is C24H15F3N2O4. The maximum absolute atomic E-state index is 12.9. The summed E-state index contributed by atoms with van der Waals surface area (Å²) >= 11 is 0. The molecule has 0 aliphatic heterocycles. The van der Waals surface area contributed by atoms with Crippen LogP contribution in [0.15, 0.2) is 88.1 Å². The van der Waals surface area contributed by atoms with Crippen LogP contribution >= 0.6 is 0 Å². The van der Waals surface area contributed by atoms with Crippen molar-refractivity contribution in [3.63, 3.8) is 0 Å². The first kappa shape index (κ1) is 21.8. The number of alkyl halides is 3. The van der Waals surface area contributed by atoms with Crippen molar-refractivity contribution in [3.05, 3.63) is 106 Å². The van der Waals surface area contributed by atoms with Gasteiger partial charge < -0.3 is 15.1 Å². The van der Waals surface area contributed by atoms with Gasteiger partial charge in [0.1, 0.15) is 11.1 Å². The molecule has 0 atom stereocenters. The van der Waals surface area contributed by atoms with Gasteiger partial charge in [0.05, 0.1) is 5.56 Å². The molecule has 3 aromatic carbocycles. The monoisotopic (exact) mass is 452 g/mol. The Balaban J connectivity index is 1.52. The Morgan fingerprint density at radius 2 is 1.42 bits per heavy atom. The van der Waals surface area contributed by atoms with Crippen LogP contribution in [0.3, 0.4) is 0 Å². The largest absolute Gasteiger partial charge is 0.422 e. The molecule has 0 spiro atoms. The summed E-state index contributed by atoms with van der Waals surface area (Å²) in [7, 11) is 0. The van der Waals surface area contributed by atoms with E-state index in [1.165, 1.54) is 42.5 Å². The molecule has 0 aliphatic rings. The fraction of sp³-hybridized carbons (Fsp3) is 0.0417. The van der Waals surface area contributed by atoms with Gasteiger partial charge in [-0.2, -0.15) is 13.2 Å². The van der Waals surface area contributed by atoms with Crippen molar-refractivity contribution in [2.24, 2.45) is 0 Å². The van der Waals surface area contributed by atoms with Gasteiger partial charge in [0.25, 0.3) is 11.8 Å². The Hall–Kier alpha value is -4.40. The standard InChI is InChI=1S/C24H15F3N2O4/c25-24(26,27)16-7-4-9-18(13-16)28-21(30)15-6-3-8-17(11-15)29-22(31)19-12-14-5-1-2-10-20(14)33-23(19)32/h1-13H,(H,28,30)(H,29,31). The van der Waals surface area contributed by atoms with Gasteiger partial charge in [0, 0.05) is 22.3 Å². The fourth-order valence-corrected chi connectivity index (χ4v) is 3.13. The normalized spacial score (nSPS) is 11.2. The van der Waals surface area contributed by atoms with Crippen LogP contribution in [0.5, 0.6) is 0 Å². The minimum absolute atomic E-state index is 0.0296. The van der Waals surface area contributed by atoms with Crippen molar-refractivity contribution >= 4 is 34.2 Å². The summed E-state index contributed by atoms with van der Waals surface area (Å²) in [6.07, 6.45) is -4.54. The Morgan fingerprint density at radius 1 is 0.758 bits per heavy atom. The Bertz CT molecular complexity index is 1430. The number of hydrogen-bond donors (Lipinski definition) is 2. The highest BCUT2D eigenvalue weighted by molar-refractivity contribution is 6.08. The van der Waals surface area contributed by atoms with E-state index in [0.29, 0.717) is 11.0 Å². The molecule has 0 bridgehead atoms. The molecule has 1 aromatic heterocycles. The molecule has 4 rings (SSSR count). The second kappa shape index (κ2) is 8.62. The summed E-state index contributed by atoms with van der Waals surface area (Å²) < 4.78 is 43.8. The van der Waals surface area contributed by atoms with E-state index in [2.05, 4.69) is 10.6 Å². The average molecular weight is 452 g/mol. The summed E-state index contributed by atoms with van der Waals surface area (Å²) in [4.78, 5) is 37.3. The molecule has 2 amide bonds.